The number of rotatable bonds is 4. The lowest BCUT2D eigenvalue weighted by Gasteiger charge is -2.09. The topological polar surface area (TPSA) is 80.9 Å². The monoisotopic (exact) mass is 282 g/mol. The van der Waals surface area contributed by atoms with E-state index >= 15 is 0 Å². The van der Waals surface area contributed by atoms with Crippen molar-refractivity contribution in [2.75, 3.05) is 0 Å². The van der Waals surface area contributed by atoms with Crippen LogP contribution in [0.1, 0.15) is 38.3 Å². The van der Waals surface area contributed by atoms with Crippen LogP contribution in [0.15, 0.2) is 11.6 Å². The van der Waals surface area contributed by atoms with Crippen molar-refractivity contribution in [2.24, 2.45) is 5.73 Å². The summed E-state index contributed by atoms with van der Waals surface area (Å²) in [5, 5.41) is 6.26. The number of carbonyl (C=O) groups excluding carboxylic acids is 1. The van der Waals surface area contributed by atoms with Crippen molar-refractivity contribution < 1.29 is 4.79 Å². The van der Waals surface area contributed by atoms with Crippen LogP contribution in [0.4, 0.5) is 0 Å². The number of hydrogen-bond donors (Lipinski definition) is 2. The Hall–Kier alpha value is -1.31. The van der Waals surface area contributed by atoms with Gasteiger partial charge in [0.25, 0.3) is 5.91 Å². The number of nitrogens with zero attached hydrogens (tertiary/aromatic N) is 2. The molecule has 0 fully saturated rings. The molecular formula is C11H14N4OS2. The predicted molar refractivity (Wildman–Crippen MR) is 72.7 cm³/mol. The number of nitrogens with one attached hydrogen (secondary N) is 1. The van der Waals surface area contributed by atoms with Crippen LogP contribution in [-0.4, -0.2) is 15.9 Å². The Kier molecular flexibility index (Phi) is 4.05. The maximum Gasteiger partial charge on any atom is 0.271 e. The normalized spacial score (nSPS) is 12.4. The Balaban J connectivity index is 2.02. The fourth-order valence-electron chi connectivity index (χ4n) is 1.41. The van der Waals surface area contributed by atoms with Gasteiger partial charge in [0.1, 0.15) is 15.7 Å². The Labute approximate surface area is 113 Å². The van der Waals surface area contributed by atoms with Gasteiger partial charge >= 0.3 is 0 Å². The molecule has 0 aliphatic rings. The van der Waals surface area contributed by atoms with Crippen LogP contribution in [-0.2, 0) is 6.54 Å². The molecule has 1 amide bonds. The molecule has 2 heterocycles. The predicted octanol–water partition coefficient (Wildman–Crippen LogP) is 1.86. The van der Waals surface area contributed by atoms with Gasteiger partial charge < -0.3 is 11.1 Å². The fourth-order valence-corrected chi connectivity index (χ4v) is 2.84. The van der Waals surface area contributed by atoms with E-state index < -0.39 is 0 Å². The minimum absolute atomic E-state index is 0.112. The van der Waals surface area contributed by atoms with Gasteiger partial charge in [-0.15, -0.1) is 22.7 Å². The number of amides is 1. The summed E-state index contributed by atoms with van der Waals surface area (Å²) in [4.78, 5) is 21.5. The first-order valence-corrected chi connectivity index (χ1v) is 7.17. The highest BCUT2D eigenvalue weighted by atomic mass is 32.1. The van der Waals surface area contributed by atoms with E-state index in [0.717, 1.165) is 14.9 Å². The quantitative estimate of drug-likeness (QED) is 0.897. The van der Waals surface area contributed by atoms with Crippen LogP contribution in [0.25, 0.3) is 0 Å². The molecule has 0 radical (unpaired) electrons. The summed E-state index contributed by atoms with van der Waals surface area (Å²) >= 11 is 2.97. The van der Waals surface area contributed by atoms with Gasteiger partial charge in [0.15, 0.2) is 0 Å². The minimum Gasteiger partial charge on any atom is -0.342 e. The lowest BCUT2D eigenvalue weighted by molar-refractivity contribution is 0.0935. The highest BCUT2D eigenvalue weighted by molar-refractivity contribution is 7.11. The number of nitrogens with two attached hydrogens (primary N) is 1. The minimum atomic E-state index is -0.189. The summed E-state index contributed by atoms with van der Waals surface area (Å²) in [6.45, 7) is 4.26. The van der Waals surface area contributed by atoms with E-state index in [-0.39, 0.29) is 11.9 Å². The number of carbonyl (C=O) groups is 1. The van der Waals surface area contributed by atoms with Crippen molar-refractivity contribution in [3.63, 3.8) is 0 Å². The van der Waals surface area contributed by atoms with Crippen LogP contribution in [0.2, 0.25) is 0 Å². The second-order valence-corrected chi connectivity index (χ2v) is 6.04. The lowest BCUT2D eigenvalue weighted by atomic mass is 10.3. The fraction of sp³-hybridized carbons (Fsp3) is 0.364. The SMILES string of the molecule is Cc1cnc(C(C)NC(=O)c2csc(CN)n2)s1. The first-order valence-electron chi connectivity index (χ1n) is 5.48. The average Bonchev–Trinajstić information content (AvgIpc) is 2.97. The first kappa shape index (κ1) is 13.1. The van der Waals surface area contributed by atoms with Crippen molar-refractivity contribution >= 4 is 28.6 Å². The van der Waals surface area contributed by atoms with Gasteiger partial charge in [-0.25, -0.2) is 9.97 Å². The summed E-state index contributed by atoms with van der Waals surface area (Å²) in [6, 6.07) is -0.112. The van der Waals surface area contributed by atoms with E-state index in [1.165, 1.54) is 11.3 Å². The first-order chi connectivity index (χ1) is 8.60. The molecule has 7 heteroatoms. The zero-order chi connectivity index (χ0) is 13.1. The molecule has 0 spiro atoms. The number of hydrogen-bond acceptors (Lipinski definition) is 6. The van der Waals surface area contributed by atoms with Gasteiger partial charge in [-0.3, -0.25) is 4.79 Å². The molecule has 2 rings (SSSR count). The standard InChI is InChI=1S/C11H14N4OS2/c1-6-4-13-11(18-6)7(2)14-10(16)8-5-17-9(3-12)15-8/h4-5,7H,3,12H2,1-2H3,(H,14,16). The van der Waals surface area contributed by atoms with E-state index in [1.54, 1.807) is 22.9 Å². The molecule has 0 aliphatic carbocycles. The third-order valence-electron chi connectivity index (χ3n) is 2.32. The summed E-state index contributed by atoms with van der Waals surface area (Å²) in [5.41, 5.74) is 5.88. The maximum absolute atomic E-state index is 11.9. The average molecular weight is 282 g/mol. The zero-order valence-electron chi connectivity index (χ0n) is 10.1. The molecule has 96 valence electrons. The molecule has 0 aromatic carbocycles. The van der Waals surface area contributed by atoms with E-state index in [9.17, 15) is 4.79 Å². The number of aromatic nitrogens is 2. The van der Waals surface area contributed by atoms with Crippen LogP contribution in [0.5, 0.6) is 0 Å². The van der Waals surface area contributed by atoms with E-state index in [0.29, 0.717) is 12.2 Å². The molecular weight excluding hydrogens is 268 g/mol. The van der Waals surface area contributed by atoms with E-state index in [4.69, 9.17) is 5.73 Å². The van der Waals surface area contributed by atoms with Gasteiger partial charge in [-0.2, -0.15) is 0 Å². The van der Waals surface area contributed by atoms with Gasteiger partial charge in [0.2, 0.25) is 0 Å². The third kappa shape index (κ3) is 2.92. The van der Waals surface area contributed by atoms with Crippen molar-refractivity contribution in [2.45, 2.75) is 26.4 Å². The van der Waals surface area contributed by atoms with Crippen LogP contribution < -0.4 is 11.1 Å². The van der Waals surface area contributed by atoms with Gasteiger partial charge in [-0.05, 0) is 13.8 Å². The van der Waals surface area contributed by atoms with Crippen molar-refractivity contribution in [1.29, 1.82) is 0 Å². The molecule has 2 aromatic rings. The Morgan fingerprint density at radius 1 is 1.61 bits per heavy atom. The molecule has 1 unspecified atom stereocenters. The number of aryl methyl sites for hydroxylation is 1. The Morgan fingerprint density at radius 3 is 2.94 bits per heavy atom. The molecule has 18 heavy (non-hydrogen) atoms. The van der Waals surface area contributed by atoms with Crippen molar-refractivity contribution in [3.05, 3.63) is 32.2 Å². The van der Waals surface area contributed by atoms with E-state index in [1.807, 2.05) is 13.8 Å². The Bertz CT molecular complexity index is 549. The van der Waals surface area contributed by atoms with Gasteiger partial charge in [0, 0.05) is 23.0 Å². The van der Waals surface area contributed by atoms with E-state index in [2.05, 4.69) is 15.3 Å². The second-order valence-electron chi connectivity index (χ2n) is 3.83. The summed E-state index contributed by atoms with van der Waals surface area (Å²) < 4.78 is 0. The second kappa shape index (κ2) is 5.55. The van der Waals surface area contributed by atoms with Crippen LogP contribution in [0.3, 0.4) is 0 Å². The lowest BCUT2D eigenvalue weighted by Crippen LogP contribution is -2.26. The third-order valence-corrected chi connectivity index (χ3v) is 4.28. The molecule has 0 aliphatic heterocycles. The Morgan fingerprint density at radius 2 is 2.39 bits per heavy atom. The highest BCUT2D eigenvalue weighted by Crippen LogP contribution is 2.19. The molecule has 0 saturated heterocycles. The molecule has 2 aromatic heterocycles. The van der Waals surface area contributed by atoms with Crippen molar-refractivity contribution in [3.8, 4) is 0 Å². The highest BCUT2D eigenvalue weighted by Gasteiger charge is 2.16. The van der Waals surface area contributed by atoms with Crippen molar-refractivity contribution in [1.82, 2.24) is 15.3 Å². The molecule has 1 atom stereocenters. The summed E-state index contributed by atoms with van der Waals surface area (Å²) in [6.07, 6.45) is 1.80. The molecule has 5 nitrogen and oxygen atoms in total. The van der Waals surface area contributed by atoms with Gasteiger partial charge in [-0.1, -0.05) is 0 Å². The van der Waals surface area contributed by atoms with Gasteiger partial charge in [0.05, 0.1) is 6.04 Å². The zero-order valence-corrected chi connectivity index (χ0v) is 11.8. The molecule has 3 N–H and O–H groups in total. The smallest absolute Gasteiger partial charge is 0.271 e. The van der Waals surface area contributed by atoms with Crippen LogP contribution in [0, 0.1) is 6.92 Å². The summed E-state index contributed by atoms with van der Waals surface area (Å²) in [5.74, 6) is -0.189. The van der Waals surface area contributed by atoms with Crippen LogP contribution >= 0.6 is 22.7 Å². The summed E-state index contributed by atoms with van der Waals surface area (Å²) in [7, 11) is 0. The maximum atomic E-state index is 11.9. The molecule has 0 bridgehead atoms. The largest absolute Gasteiger partial charge is 0.342 e. The molecule has 0 saturated carbocycles. The number of thiazole rings is 2.